The van der Waals surface area contributed by atoms with Crippen molar-refractivity contribution in [3.05, 3.63) is 17.5 Å². The van der Waals surface area contributed by atoms with Crippen molar-refractivity contribution in [2.75, 3.05) is 6.54 Å². The highest BCUT2D eigenvalue weighted by Gasteiger charge is 2.35. The average molecular weight is 263 g/mol. The summed E-state index contributed by atoms with van der Waals surface area (Å²) in [5.74, 6) is -0.229. The van der Waals surface area contributed by atoms with Crippen molar-refractivity contribution in [3.8, 4) is 0 Å². The molecule has 0 aliphatic heterocycles. The molecule has 1 heterocycles. The second-order valence-corrected chi connectivity index (χ2v) is 4.52. The fourth-order valence-corrected chi connectivity index (χ4v) is 1.40. The Morgan fingerprint density at radius 1 is 1.50 bits per heavy atom. The average Bonchev–Trinajstić information content (AvgIpc) is 2.56. The molecule has 1 N–H and O–H groups in total. The number of nitrogens with zero attached hydrogens (tertiary/aromatic N) is 2. The summed E-state index contributed by atoms with van der Waals surface area (Å²) < 4.78 is 38.6. The molecule has 0 saturated heterocycles. The first-order chi connectivity index (χ1) is 8.20. The van der Waals surface area contributed by atoms with E-state index in [9.17, 15) is 18.0 Å². The zero-order valence-corrected chi connectivity index (χ0v) is 10.5. The Morgan fingerprint density at radius 3 is 2.61 bits per heavy atom. The summed E-state index contributed by atoms with van der Waals surface area (Å²) in [6, 6.07) is 0.926. The van der Waals surface area contributed by atoms with Gasteiger partial charge in [0.1, 0.15) is 12.2 Å². The maximum Gasteiger partial charge on any atom is 0.433 e. The lowest BCUT2D eigenvalue weighted by Crippen LogP contribution is -2.32. The third-order valence-corrected chi connectivity index (χ3v) is 2.19. The number of amides is 1. The molecule has 0 aliphatic carbocycles. The van der Waals surface area contributed by atoms with Crippen molar-refractivity contribution in [2.24, 2.45) is 5.92 Å². The van der Waals surface area contributed by atoms with Gasteiger partial charge in [-0.1, -0.05) is 13.8 Å². The standard InChI is InChI=1S/C11H16F3N3O/c1-7(2)5-15-10(18)6-17-9(11(12,13)14)4-8(3)16-17/h4,7H,5-6H2,1-3H3,(H,15,18). The van der Waals surface area contributed by atoms with Crippen molar-refractivity contribution in [1.29, 1.82) is 0 Å². The van der Waals surface area contributed by atoms with Gasteiger partial charge in [-0.15, -0.1) is 0 Å². The van der Waals surface area contributed by atoms with Crippen LogP contribution >= 0.6 is 0 Å². The van der Waals surface area contributed by atoms with Crippen LogP contribution in [0, 0.1) is 12.8 Å². The fraction of sp³-hybridized carbons (Fsp3) is 0.636. The number of carbonyl (C=O) groups is 1. The Balaban J connectivity index is 2.75. The van der Waals surface area contributed by atoms with E-state index in [0.717, 1.165) is 6.07 Å². The molecule has 0 fully saturated rings. The first-order valence-electron chi connectivity index (χ1n) is 5.58. The van der Waals surface area contributed by atoms with Gasteiger partial charge in [-0.2, -0.15) is 18.3 Å². The smallest absolute Gasteiger partial charge is 0.354 e. The van der Waals surface area contributed by atoms with Gasteiger partial charge >= 0.3 is 6.18 Å². The third kappa shape index (κ3) is 4.05. The quantitative estimate of drug-likeness (QED) is 0.903. The van der Waals surface area contributed by atoms with Gasteiger partial charge in [0.05, 0.1) is 5.69 Å². The lowest BCUT2D eigenvalue weighted by molar-refractivity contribution is -0.144. The van der Waals surface area contributed by atoms with Crippen LogP contribution in [0.1, 0.15) is 25.2 Å². The largest absolute Gasteiger partial charge is 0.433 e. The first kappa shape index (κ1) is 14.5. The highest BCUT2D eigenvalue weighted by Crippen LogP contribution is 2.29. The van der Waals surface area contributed by atoms with Crippen LogP contribution in [-0.2, 0) is 17.5 Å². The second-order valence-electron chi connectivity index (χ2n) is 4.52. The van der Waals surface area contributed by atoms with Crippen molar-refractivity contribution >= 4 is 5.91 Å². The number of alkyl halides is 3. The first-order valence-corrected chi connectivity index (χ1v) is 5.58. The highest BCUT2D eigenvalue weighted by atomic mass is 19.4. The molecule has 1 aromatic rings. The van der Waals surface area contributed by atoms with E-state index in [1.807, 2.05) is 13.8 Å². The van der Waals surface area contributed by atoms with Gasteiger partial charge in [0.25, 0.3) is 0 Å². The lowest BCUT2D eigenvalue weighted by Gasteiger charge is -2.11. The van der Waals surface area contributed by atoms with Crippen LogP contribution in [0.25, 0.3) is 0 Å². The molecule has 7 heteroatoms. The van der Waals surface area contributed by atoms with Crippen LogP contribution in [0.5, 0.6) is 0 Å². The zero-order valence-electron chi connectivity index (χ0n) is 10.5. The molecule has 0 unspecified atom stereocenters. The Labute approximate surface area is 103 Å². The molecule has 0 spiro atoms. The van der Waals surface area contributed by atoms with Crippen molar-refractivity contribution < 1.29 is 18.0 Å². The molecule has 1 aromatic heterocycles. The second kappa shape index (κ2) is 5.41. The summed E-state index contributed by atoms with van der Waals surface area (Å²) in [5, 5.41) is 6.23. The summed E-state index contributed by atoms with van der Waals surface area (Å²) in [5.41, 5.74) is -0.668. The molecular weight excluding hydrogens is 247 g/mol. The summed E-state index contributed by atoms with van der Waals surface area (Å²) >= 11 is 0. The minimum absolute atomic E-state index is 0.235. The number of rotatable bonds is 4. The van der Waals surface area contributed by atoms with Crippen LogP contribution in [0.2, 0.25) is 0 Å². The van der Waals surface area contributed by atoms with Gasteiger partial charge in [0.2, 0.25) is 5.91 Å². The van der Waals surface area contributed by atoms with E-state index in [-0.39, 0.29) is 11.6 Å². The SMILES string of the molecule is Cc1cc(C(F)(F)F)n(CC(=O)NCC(C)C)n1. The molecule has 0 saturated carbocycles. The Kier molecular flexibility index (Phi) is 4.37. The summed E-state index contributed by atoms with van der Waals surface area (Å²) in [4.78, 5) is 11.5. The number of halogens is 3. The summed E-state index contributed by atoms with van der Waals surface area (Å²) in [7, 11) is 0. The maximum absolute atomic E-state index is 12.6. The van der Waals surface area contributed by atoms with E-state index in [1.165, 1.54) is 6.92 Å². The van der Waals surface area contributed by atoms with Gasteiger partial charge in [0, 0.05) is 6.54 Å². The molecule has 0 aliphatic rings. The number of aromatic nitrogens is 2. The zero-order chi connectivity index (χ0) is 13.9. The summed E-state index contributed by atoms with van der Waals surface area (Å²) in [6.45, 7) is 5.27. The molecule has 0 aromatic carbocycles. The minimum atomic E-state index is -4.50. The molecular formula is C11H16F3N3O. The van der Waals surface area contributed by atoms with E-state index in [2.05, 4.69) is 10.4 Å². The van der Waals surface area contributed by atoms with Gasteiger partial charge in [-0.25, -0.2) is 0 Å². The number of nitrogens with one attached hydrogen (secondary N) is 1. The molecule has 102 valence electrons. The van der Waals surface area contributed by atoms with Crippen molar-refractivity contribution in [1.82, 2.24) is 15.1 Å². The van der Waals surface area contributed by atoms with Crippen molar-refractivity contribution in [2.45, 2.75) is 33.5 Å². The highest BCUT2D eigenvalue weighted by molar-refractivity contribution is 5.75. The molecule has 1 rings (SSSR count). The van der Waals surface area contributed by atoms with Crippen LogP contribution < -0.4 is 5.32 Å². The number of hydrogen-bond donors (Lipinski definition) is 1. The molecule has 0 bridgehead atoms. The van der Waals surface area contributed by atoms with Gasteiger partial charge in [-0.3, -0.25) is 9.48 Å². The van der Waals surface area contributed by atoms with Crippen molar-refractivity contribution in [3.63, 3.8) is 0 Å². The lowest BCUT2D eigenvalue weighted by atomic mass is 10.2. The van der Waals surface area contributed by atoms with E-state index in [0.29, 0.717) is 11.2 Å². The normalized spacial score (nSPS) is 11.9. The predicted octanol–water partition coefficient (Wildman–Crippen LogP) is 1.98. The minimum Gasteiger partial charge on any atom is -0.354 e. The maximum atomic E-state index is 12.6. The van der Waals surface area contributed by atoms with Gasteiger partial charge in [-0.05, 0) is 18.9 Å². The van der Waals surface area contributed by atoms with Crippen LogP contribution in [0.15, 0.2) is 6.07 Å². The Hall–Kier alpha value is -1.53. The van der Waals surface area contributed by atoms with Gasteiger partial charge in [0.15, 0.2) is 0 Å². The Bertz CT molecular complexity index is 424. The van der Waals surface area contributed by atoms with Crippen LogP contribution in [-0.4, -0.2) is 22.2 Å². The molecule has 18 heavy (non-hydrogen) atoms. The predicted molar refractivity (Wildman–Crippen MR) is 59.8 cm³/mol. The van der Waals surface area contributed by atoms with Crippen LogP contribution in [0.3, 0.4) is 0 Å². The molecule has 0 atom stereocenters. The third-order valence-electron chi connectivity index (χ3n) is 2.19. The monoisotopic (exact) mass is 263 g/mol. The fourth-order valence-electron chi connectivity index (χ4n) is 1.40. The van der Waals surface area contributed by atoms with Crippen LogP contribution in [0.4, 0.5) is 13.2 Å². The molecule has 4 nitrogen and oxygen atoms in total. The van der Waals surface area contributed by atoms with E-state index in [1.54, 1.807) is 0 Å². The van der Waals surface area contributed by atoms with E-state index < -0.39 is 24.3 Å². The topological polar surface area (TPSA) is 46.9 Å². The van der Waals surface area contributed by atoms with E-state index >= 15 is 0 Å². The number of hydrogen-bond acceptors (Lipinski definition) is 2. The number of aryl methyl sites for hydroxylation is 1. The molecule has 0 radical (unpaired) electrons. The van der Waals surface area contributed by atoms with E-state index in [4.69, 9.17) is 0 Å². The number of carbonyl (C=O) groups excluding carboxylic acids is 1. The molecule has 1 amide bonds. The van der Waals surface area contributed by atoms with Gasteiger partial charge < -0.3 is 5.32 Å². The Morgan fingerprint density at radius 2 is 2.11 bits per heavy atom. The summed E-state index contributed by atoms with van der Waals surface area (Å²) in [6.07, 6.45) is -4.50.